The fourth-order valence-corrected chi connectivity index (χ4v) is 5.33. The molecule has 2 aliphatic rings. The van der Waals surface area contributed by atoms with Crippen LogP contribution in [0.3, 0.4) is 0 Å². The Bertz CT molecular complexity index is 1120. The van der Waals surface area contributed by atoms with Crippen LogP contribution < -0.4 is 4.90 Å². The summed E-state index contributed by atoms with van der Waals surface area (Å²) in [6.45, 7) is 0.709. The van der Waals surface area contributed by atoms with Crippen LogP contribution >= 0.6 is 0 Å². The van der Waals surface area contributed by atoms with Crippen molar-refractivity contribution in [3.63, 3.8) is 0 Å². The molecule has 0 radical (unpaired) electrons. The number of hydrogen-bond acceptors (Lipinski definition) is 4. The van der Waals surface area contributed by atoms with Gasteiger partial charge in [0.05, 0.1) is 25.1 Å². The lowest BCUT2D eigenvalue weighted by molar-refractivity contribution is -0.132. The summed E-state index contributed by atoms with van der Waals surface area (Å²) in [7, 11) is 2.01. The minimum atomic E-state index is -0.264. The topological polar surface area (TPSA) is 56.7 Å². The molecule has 6 heteroatoms. The fraction of sp³-hybridized carbons (Fsp3) is 0.308. The van der Waals surface area contributed by atoms with Gasteiger partial charge in [0.15, 0.2) is 0 Å². The van der Waals surface area contributed by atoms with Crippen molar-refractivity contribution in [1.29, 1.82) is 0 Å². The molecule has 1 aromatic heterocycles. The number of benzene rings is 2. The number of rotatable bonds is 4. The van der Waals surface area contributed by atoms with Crippen LogP contribution in [0.5, 0.6) is 0 Å². The maximum atomic E-state index is 13.4. The second kappa shape index (κ2) is 8.36. The van der Waals surface area contributed by atoms with E-state index in [2.05, 4.69) is 22.0 Å². The summed E-state index contributed by atoms with van der Waals surface area (Å²) in [5.41, 5.74) is 4.93. The number of aromatic nitrogens is 1. The Morgan fingerprint density at radius 2 is 1.94 bits per heavy atom. The van der Waals surface area contributed by atoms with Crippen LogP contribution in [0, 0.1) is 11.7 Å². The Kier molecular flexibility index (Phi) is 5.39. The maximum Gasteiger partial charge on any atom is 0.227 e. The summed E-state index contributed by atoms with van der Waals surface area (Å²) in [6, 6.07) is 16.3. The molecule has 32 heavy (non-hydrogen) atoms. The summed E-state index contributed by atoms with van der Waals surface area (Å²) < 4.78 is 13.4. The van der Waals surface area contributed by atoms with Crippen LogP contribution in [0.1, 0.15) is 23.6 Å². The molecular formula is C26H26FN3O2. The molecule has 3 heterocycles. The first-order chi connectivity index (χ1) is 15.6. The zero-order valence-corrected chi connectivity index (χ0v) is 18.0. The Balaban J connectivity index is 1.54. The zero-order valence-electron chi connectivity index (χ0n) is 18.0. The molecule has 1 amide bonds. The predicted molar refractivity (Wildman–Crippen MR) is 122 cm³/mol. The van der Waals surface area contributed by atoms with Gasteiger partial charge in [-0.25, -0.2) is 4.39 Å². The van der Waals surface area contributed by atoms with Gasteiger partial charge in [-0.2, -0.15) is 0 Å². The third-order valence-electron chi connectivity index (χ3n) is 6.93. The van der Waals surface area contributed by atoms with E-state index in [4.69, 9.17) is 0 Å². The Morgan fingerprint density at radius 1 is 1.16 bits per heavy atom. The van der Waals surface area contributed by atoms with E-state index >= 15 is 0 Å². The number of halogens is 1. The first-order valence-electron chi connectivity index (χ1n) is 11.0. The molecule has 1 fully saturated rings. The Hall–Kier alpha value is -3.25. The smallest absolute Gasteiger partial charge is 0.227 e. The van der Waals surface area contributed by atoms with Gasteiger partial charge in [-0.1, -0.05) is 24.3 Å². The number of fused-ring (bicyclic) bond motifs is 3. The highest BCUT2D eigenvalue weighted by molar-refractivity contribution is 5.81. The van der Waals surface area contributed by atoms with Crippen LogP contribution in [0.2, 0.25) is 0 Å². The number of nitrogens with zero attached hydrogens (tertiary/aromatic N) is 3. The quantitative estimate of drug-likeness (QED) is 0.682. The molecule has 0 saturated carbocycles. The van der Waals surface area contributed by atoms with Crippen molar-refractivity contribution in [3.8, 4) is 11.1 Å². The molecule has 1 N–H and O–H groups in total. The maximum absolute atomic E-state index is 13.4. The van der Waals surface area contributed by atoms with E-state index < -0.39 is 0 Å². The van der Waals surface area contributed by atoms with Crippen LogP contribution in [-0.4, -0.2) is 47.1 Å². The van der Waals surface area contributed by atoms with Gasteiger partial charge >= 0.3 is 0 Å². The van der Waals surface area contributed by atoms with Crippen molar-refractivity contribution in [2.45, 2.75) is 24.9 Å². The van der Waals surface area contributed by atoms with Gasteiger partial charge in [0, 0.05) is 37.6 Å². The average molecular weight is 432 g/mol. The number of hydrogen-bond donors (Lipinski definition) is 1. The van der Waals surface area contributed by atoms with E-state index in [-0.39, 0.29) is 36.3 Å². The average Bonchev–Trinajstić information content (AvgIpc) is 3.26. The van der Waals surface area contributed by atoms with E-state index in [1.807, 2.05) is 30.1 Å². The number of pyridine rings is 1. The van der Waals surface area contributed by atoms with Crippen LogP contribution in [-0.2, 0) is 11.2 Å². The summed E-state index contributed by atoms with van der Waals surface area (Å²) in [5.74, 6) is -0.0380. The van der Waals surface area contributed by atoms with Gasteiger partial charge in [-0.15, -0.1) is 0 Å². The largest absolute Gasteiger partial charge is 0.394 e. The van der Waals surface area contributed by atoms with E-state index in [0.717, 1.165) is 34.4 Å². The second-order valence-electron chi connectivity index (χ2n) is 8.66. The summed E-state index contributed by atoms with van der Waals surface area (Å²) in [4.78, 5) is 21.6. The number of likely N-dealkylation sites (N-methyl/N-ethyl adjacent to an activating group) is 1. The molecule has 5 rings (SSSR count). The minimum Gasteiger partial charge on any atom is -0.394 e. The normalized spacial score (nSPS) is 21.9. The standard InChI is InChI=1S/C26H26FN3O2/c1-29-23-9-6-19(18-4-7-20(27)8-5-18)14-22(23)26-21(24(29)16-31)10-12-30(26)25(32)13-17-3-2-11-28-15-17/h2-9,11,14-15,21,24,26,31H,10,12-13,16H2,1H3/t21-,24+,26-/m1/s1. The van der Waals surface area contributed by atoms with Crippen LogP contribution in [0.4, 0.5) is 10.1 Å². The molecular weight excluding hydrogens is 405 g/mol. The van der Waals surface area contributed by atoms with Gasteiger partial charge in [0.1, 0.15) is 5.82 Å². The number of aliphatic hydroxyl groups excluding tert-OH is 1. The number of anilines is 1. The number of carbonyl (C=O) groups excluding carboxylic acids is 1. The first-order valence-corrected chi connectivity index (χ1v) is 11.0. The monoisotopic (exact) mass is 431 g/mol. The molecule has 3 atom stereocenters. The third kappa shape index (κ3) is 3.54. The van der Waals surface area contributed by atoms with E-state index in [1.165, 1.54) is 12.1 Å². The van der Waals surface area contributed by atoms with Crippen molar-refractivity contribution < 1.29 is 14.3 Å². The van der Waals surface area contributed by atoms with Crippen LogP contribution in [0.25, 0.3) is 11.1 Å². The Labute approximate surface area is 187 Å². The minimum absolute atomic E-state index is 0.0413. The van der Waals surface area contributed by atoms with Gasteiger partial charge in [-0.3, -0.25) is 9.78 Å². The SMILES string of the molecule is CN1c2ccc(-c3ccc(F)cc3)cc2[C@H]2[C@H](CCN2C(=O)Cc2cccnc2)[C@@H]1CO. The van der Waals surface area contributed by atoms with Crippen molar-refractivity contribution in [1.82, 2.24) is 9.88 Å². The Morgan fingerprint density at radius 3 is 2.66 bits per heavy atom. The molecule has 0 bridgehead atoms. The van der Waals surface area contributed by atoms with E-state index in [0.29, 0.717) is 13.0 Å². The van der Waals surface area contributed by atoms with Crippen molar-refractivity contribution >= 4 is 11.6 Å². The van der Waals surface area contributed by atoms with E-state index in [1.54, 1.807) is 24.5 Å². The van der Waals surface area contributed by atoms with Gasteiger partial charge < -0.3 is 14.9 Å². The first kappa shape index (κ1) is 20.6. The molecule has 0 aliphatic carbocycles. The predicted octanol–water partition coefficient (Wildman–Crippen LogP) is 3.83. The van der Waals surface area contributed by atoms with Crippen LogP contribution in [0.15, 0.2) is 67.0 Å². The van der Waals surface area contributed by atoms with Gasteiger partial charge in [0.2, 0.25) is 5.91 Å². The second-order valence-corrected chi connectivity index (χ2v) is 8.66. The zero-order chi connectivity index (χ0) is 22.2. The molecule has 0 spiro atoms. The number of aliphatic hydroxyl groups is 1. The van der Waals surface area contributed by atoms with Crippen molar-refractivity contribution in [3.05, 3.63) is 83.9 Å². The lowest BCUT2D eigenvalue weighted by Crippen LogP contribution is -2.48. The molecule has 0 unspecified atom stereocenters. The molecule has 1 saturated heterocycles. The highest BCUT2D eigenvalue weighted by Gasteiger charge is 2.47. The van der Waals surface area contributed by atoms with Crippen molar-refractivity contribution in [2.24, 2.45) is 5.92 Å². The molecule has 164 valence electrons. The van der Waals surface area contributed by atoms with E-state index in [9.17, 15) is 14.3 Å². The van der Waals surface area contributed by atoms with Gasteiger partial charge in [0.25, 0.3) is 0 Å². The van der Waals surface area contributed by atoms with Crippen molar-refractivity contribution in [2.75, 3.05) is 25.1 Å². The molecule has 5 nitrogen and oxygen atoms in total. The van der Waals surface area contributed by atoms with Gasteiger partial charge in [-0.05, 0) is 59.0 Å². The summed E-state index contributed by atoms with van der Waals surface area (Å²) in [6.07, 6.45) is 4.59. The molecule has 2 aliphatic heterocycles. The lowest BCUT2D eigenvalue weighted by Gasteiger charge is -2.44. The molecule has 2 aromatic carbocycles. The number of amides is 1. The number of carbonyl (C=O) groups is 1. The molecule has 3 aromatic rings. The lowest BCUT2D eigenvalue weighted by atomic mass is 9.81. The highest BCUT2D eigenvalue weighted by Crippen LogP contribution is 2.49. The highest BCUT2D eigenvalue weighted by atomic mass is 19.1. The summed E-state index contributed by atoms with van der Waals surface area (Å²) in [5, 5.41) is 10.2. The number of likely N-dealkylation sites (tertiary alicyclic amines) is 1. The fourth-order valence-electron chi connectivity index (χ4n) is 5.33. The third-order valence-corrected chi connectivity index (χ3v) is 6.93. The summed E-state index contributed by atoms with van der Waals surface area (Å²) >= 11 is 0.